The number of furan rings is 1. The molecule has 1 amide bonds. The zero-order valence-corrected chi connectivity index (χ0v) is 14.9. The van der Waals surface area contributed by atoms with Crippen molar-refractivity contribution in [1.82, 2.24) is 4.90 Å². The van der Waals surface area contributed by atoms with Crippen LogP contribution in [0, 0.1) is 10.1 Å². The predicted octanol–water partition coefficient (Wildman–Crippen LogP) is 4.47. The van der Waals surface area contributed by atoms with E-state index in [0.29, 0.717) is 32.9 Å². The molecule has 128 valence electrons. The largest absolute Gasteiger partial charge is 0.457 e. The molecule has 0 unspecified atom stereocenters. The normalized spacial score (nSPS) is 16.0. The van der Waals surface area contributed by atoms with Crippen molar-refractivity contribution in [3.63, 3.8) is 0 Å². The number of hydrogen-bond acceptors (Lipinski definition) is 6. The first-order valence-corrected chi connectivity index (χ1v) is 8.82. The van der Waals surface area contributed by atoms with Crippen molar-refractivity contribution in [2.24, 2.45) is 0 Å². The van der Waals surface area contributed by atoms with E-state index >= 15 is 0 Å². The average Bonchev–Trinajstić information content (AvgIpc) is 3.16. The summed E-state index contributed by atoms with van der Waals surface area (Å²) in [6, 6.07) is 9.65. The van der Waals surface area contributed by atoms with Crippen molar-refractivity contribution in [3.8, 4) is 11.3 Å². The summed E-state index contributed by atoms with van der Waals surface area (Å²) >= 11 is 6.48. The number of nitro benzene ring substituents is 1. The molecule has 0 atom stereocenters. The molecule has 1 saturated heterocycles. The van der Waals surface area contributed by atoms with Gasteiger partial charge >= 0.3 is 0 Å². The van der Waals surface area contributed by atoms with Gasteiger partial charge in [-0.05, 0) is 18.6 Å². The molecule has 8 heteroatoms. The molecular weight excluding hydrogens is 360 g/mol. The fourth-order valence-electron chi connectivity index (χ4n) is 2.40. The summed E-state index contributed by atoms with van der Waals surface area (Å²) in [6.45, 7) is 2.58. The Morgan fingerprint density at radius 3 is 2.88 bits per heavy atom. The first kappa shape index (κ1) is 17.4. The molecule has 1 aromatic heterocycles. The van der Waals surface area contributed by atoms with E-state index in [1.165, 1.54) is 23.9 Å². The van der Waals surface area contributed by atoms with Crippen LogP contribution in [-0.2, 0) is 4.79 Å². The molecule has 1 aliphatic heterocycles. The quantitative estimate of drug-likeness (QED) is 0.333. The smallest absolute Gasteiger partial charge is 0.270 e. The van der Waals surface area contributed by atoms with Crippen molar-refractivity contribution < 1.29 is 14.1 Å². The molecule has 1 aliphatic rings. The van der Waals surface area contributed by atoms with Crippen LogP contribution in [0.2, 0.25) is 0 Å². The van der Waals surface area contributed by atoms with Gasteiger partial charge in [-0.3, -0.25) is 19.8 Å². The van der Waals surface area contributed by atoms with E-state index in [4.69, 9.17) is 16.6 Å². The van der Waals surface area contributed by atoms with Crippen molar-refractivity contribution in [3.05, 3.63) is 57.2 Å². The molecule has 6 nitrogen and oxygen atoms in total. The lowest BCUT2D eigenvalue weighted by Gasteiger charge is -2.11. The van der Waals surface area contributed by atoms with Gasteiger partial charge in [0.2, 0.25) is 0 Å². The van der Waals surface area contributed by atoms with E-state index in [-0.39, 0.29) is 11.6 Å². The molecule has 1 aromatic carbocycles. The number of carbonyl (C=O) groups is 1. The Hall–Kier alpha value is -2.45. The molecule has 0 aliphatic carbocycles. The van der Waals surface area contributed by atoms with E-state index in [0.717, 1.165) is 6.42 Å². The van der Waals surface area contributed by atoms with Crippen LogP contribution in [-0.4, -0.2) is 26.6 Å². The van der Waals surface area contributed by atoms with Crippen molar-refractivity contribution >= 4 is 46.0 Å². The maximum atomic E-state index is 12.3. The van der Waals surface area contributed by atoms with Gasteiger partial charge in [-0.1, -0.05) is 43.0 Å². The van der Waals surface area contributed by atoms with Gasteiger partial charge < -0.3 is 4.42 Å². The number of nitro groups is 1. The molecule has 25 heavy (non-hydrogen) atoms. The van der Waals surface area contributed by atoms with Crippen molar-refractivity contribution in [2.75, 3.05) is 6.54 Å². The van der Waals surface area contributed by atoms with E-state index in [1.807, 2.05) is 6.92 Å². The van der Waals surface area contributed by atoms with Gasteiger partial charge in [0.05, 0.1) is 9.83 Å². The Morgan fingerprint density at radius 1 is 1.36 bits per heavy atom. The number of thioether (sulfide) groups is 1. The van der Waals surface area contributed by atoms with Gasteiger partial charge in [-0.15, -0.1) is 0 Å². The second kappa shape index (κ2) is 7.20. The molecule has 1 fully saturated rings. The highest BCUT2D eigenvalue weighted by molar-refractivity contribution is 8.26. The predicted molar refractivity (Wildman–Crippen MR) is 101 cm³/mol. The minimum absolute atomic E-state index is 0.00381. The number of non-ortho nitro benzene ring substituents is 1. The first-order chi connectivity index (χ1) is 12.0. The molecule has 0 radical (unpaired) electrons. The Bertz CT molecular complexity index is 888. The van der Waals surface area contributed by atoms with Crippen LogP contribution in [0.25, 0.3) is 17.4 Å². The van der Waals surface area contributed by atoms with Gasteiger partial charge in [0, 0.05) is 30.3 Å². The SMILES string of the molecule is CCCN1C(=O)/C(=C\c2ccc(-c3cccc([N+](=O)[O-])c3)o2)SC1=S. The number of rotatable bonds is 5. The molecule has 0 N–H and O–H groups in total. The van der Waals surface area contributed by atoms with E-state index in [1.54, 1.807) is 35.2 Å². The van der Waals surface area contributed by atoms with Crippen LogP contribution >= 0.6 is 24.0 Å². The number of hydrogen-bond donors (Lipinski definition) is 0. The van der Waals surface area contributed by atoms with Crippen LogP contribution in [0.3, 0.4) is 0 Å². The minimum atomic E-state index is -0.452. The van der Waals surface area contributed by atoms with Gasteiger partial charge in [0.15, 0.2) is 0 Å². The average molecular weight is 374 g/mol. The van der Waals surface area contributed by atoms with Crippen LogP contribution in [0.4, 0.5) is 5.69 Å². The van der Waals surface area contributed by atoms with Gasteiger partial charge in [-0.25, -0.2) is 0 Å². The standard InChI is InChI=1S/C17H14N2O4S2/c1-2-8-18-16(20)15(25-17(18)24)10-13-6-7-14(23-13)11-4-3-5-12(9-11)19(21)22/h3-7,9-10H,2,8H2,1H3/b15-10+. The Balaban J connectivity index is 1.85. The summed E-state index contributed by atoms with van der Waals surface area (Å²) < 4.78 is 6.26. The maximum Gasteiger partial charge on any atom is 0.270 e. The molecule has 0 spiro atoms. The lowest BCUT2D eigenvalue weighted by atomic mass is 10.1. The highest BCUT2D eigenvalue weighted by Crippen LogP contribution is 2.34. The fourth-order valence-corrected chi connectivity index (χ4v) is 3.69. The fraction of sp³-hybridized carbons (Fsp3) is 0.176. The molecule has 3 rings (SSSR count). The molecular formula is C17H14N2O4S2. The summed E-state index contributed by atoms with van der Waals surface area (Å²) in [5.41, 5.74) is 0.600. The lowest BCUT2D eigenvalue weighted by molar-refractivity contribution is -0.384. The molecule has 0 saturated carbocycles. The summed E-state index contributed by atoms with van der Waals surface area (Å²) in [7, 11) is 0. The highest BCUT2D eigenvalue weighted by Gasteiger charge is 2.31. The maximum absolute atomic E-state index is 12.3. The zero-order valence-electron chi connectivity index (χ0n) is 13.3. The minimum Gasteiger partial charge on any atom is -0.457 e. The van der Waals surface area contributed by atoms with E-state index in [9.17, 15) is 14.9 Å². The van der Waals surface area contributed by atoms with Gasteiger partial charge in [-0.2, -0.15) is 0 Å². The first-order valence-electron chi connectivity index (χ1n) is 7.59. The number of carbonyl (C=O) groups excluding carboxylic acids is 1. The Morgan fingerprint density at radius 2 is 2.16 bits per heavy atom. The monoisotopic (exact) mass is 374 g/mol. The molecule has 0 bridgehead atoms. The summed E-state index contributed by atoms with van der Waals surface area (Å²) in [5, 5.41) is 10.9. The second-order valence-electron chi connectivity index (χ2n) is 5.34. The zero-order chi connectivity index (χ0) is 18.0. The highest BCUT2D eigenvalue weighted by atomic mass is 32.2. The third-order valence-corrected chi connectivity index (χ3v) is 4.94. The third kappa shape index (κ3) is 3.64. The van der Waals surface area contributed by atoms with Crippen molar-refractivity contribution in [2.45, 2.75) is 13.3 Å². The second-order valence-corrected chi connectivity index (χ2v) is 7.02. The third-order valence-electron chi connectivity index (χ3n) is 3.56. The van der Waals surface area contributed by atoms with Crippen LogP contribution in [0.1, 0.15) is 19.1 Å². The van der Waals surface area contributed by atoms with Crippen LogP contribution in [0.15, 0.2) is 45.7 Å². The Kier molecular flexibility index (Phi) is 5.00. The van der Waals surface area contributed by atoms with Gasteiger partial charge in [0.25, 0.3) is 11.6 Å². The number of amides is 1. The number of nitrogens with zero attached hydrogens (tertiary/aromatic N) is 2. The Labute approximate surface area is 153 Å². The van der Waals surface area contributed by atoms with E-state index in [2.05, 4.69) is 0 Å². The summed E-state index contributed by atoms with van der Waals surface area (Å²) in [6.07, 6.45) is 2.48. The molecule has 2 heterocycles. The lowest BCUT2D eigenvalue weighted by Crippen LogP contribution is -2.28. The topological polar surface area (TPSA) is 76.6 Å². The van der Waals surface area contributed by atoms with Crippen molar-refractivity contribution in [1.29, 1.82) is 0 Å². The van der Waals surface area contributed by atoms with Crippen LogP contribution in [0.5, 0.6) is 0 Å². The number of benzene rings is 1. The van der Waals surface area contributed by atoms with E-state index < -0.39 is 4.92 Å². The summed E-state index contributed by atoms with van der Waals surface area (Å²) in [4.78, 5) is 24.9. The molecule has 2 aromatic rings. The summed E-state index contributed by atoms with van der Waals surface area (Å²) in [5.74, 6) is 0.877. The number of thiocarbonyl (C=S) groups is 1. The van der Waals surface area contributed by atoms with Gasteiger partial charge in [0.1, 0.15) is 15.8 Å². The van der Waals surface area contributed by atoms with Crippen LogP contribution < -0.4 is 0 Å².